The molecule has 0 bridgehead atoms. The van der Waals surface area contributed by atoms with Crippen LogP contribution >= 0.6 is 0 Å². The summed E-state index contributed by atoms with van der Waals surface area (Å²) >= 11 is 0. The molecule has 0 saturated heterocycles. The van der Waals surface area contributed by atoms with E-state index in [4.69, 9.17) is 5.11 Å². The number of carbonyl (C=O) groups excluding carboxylic acids is 1. The molecule has 31 heavy (non-hydrogen) atoms. The van der Waals surface area contributed by atoms with Gasteiger partial charge in [0.15, 0.2) is 6.29 Å². The van der Waals surface area contributed by atoms with Gasteiger partial charge in [0.2, 0.25) is 0 Å². The summed E-state index contributed by atoms with van der Waals surface area (Å²) in [5.41, 5.74) is 5.68. The lowest BCUT2D eigenvalue weighted by molar-refractivity contribution is 0.112. The van der Waals surface area contributed by atoms with Crippen LogP contribution < -0.4 is 0 Å². The number of phenolic OH excluding ortho intramolecular Hbond substituents is 2. The van der Waals surface area contributed by atoms with Crippen molar-refractivity contribution in [2.45, 2.75) is 72.6 Å². The van der Waals surface area contributed by atoms with Crippen molar-refractivity contribution in [3.8, 4) is 11.5 Å². The molecule has 3 N–H and O–H groups in total. The predicted molar refractivity (Wildman–Crippen MR) is 129 cm³/mol. The first-order chi connectivity index (χ1) is 14.8. The number of hydrogen-bond donors (Lipinski definition) is 3. The zero-order valence-corrected chi connectivity index (χ0v) is 19.4. The summed E-state index contributed by atoms with van der Waals surface area (Å²) in [5, 5.41) is 28.8. The number of allylic oxidation sites excluding steroid dienone is 7. The summed E-state index contributed by atoms with van der Waals surface area (Å²) in [5.74, 6) is -0.0731. The second kappa shape index (κ2) is 14.4. The minimum absolute atomic E-state index is 0.0134. The van der Waals surface area contributed by atoms with Crippen LogP contribution in [0, 0.1) is 0 Å². The normalized spacial score (nSPS) is 13.6. The van der Waals surface area contributed by atoms with E-state index in [1.165, 1.54) is 28.9 Å². The van der Waals surface area contributed by atoms with E-state index in [0.717, 1.165) is 44.1 Å². The maximum Gasteiger partial charge on any atom is 0.153 e. The van der Waals surface area contributed by atoms with Crippen molar-refractivity contribution in [3.05, 3.63) is 69.9 Å². The molecule has 1 aromatic rings. The molecule has 0 aliphatic carbocycles. The number of aromatic hydroxyl groups is 2. The number of aliphatic hydroxyl groups excluding tert-OH is 1. The topological polar surface area (TPSA) is 77.8 Å². The fourth-order valence-electron chi connectivity index (χ4n) is 3.24. The molecule has 0 aliphatic rings. The largest absolute Gasteiger partial charge is 0.508 e. The van der Waals surface area contributed by atoms with Crippen molar-refractivity contribution in [1.29, 1.82) is 0 Å². The van der Waals surface area contributed by atoms with Gasteiger partial charge in [0, 0.05) is 5.56 Å². The molecule has 4 nitrogen and oxygen atoms in total. The van der Waals surface area contributed by atoms with E-state index in [-0.39, 0.29) is 23.7 Å². The molecular weight excluding hydrogens is 388 g/mol. The average molecular weight is 427 g/mol. The second-order valence-electron chi connectivity index (χ2n) is 8.34. The maximum absolute atomic E-state index is 11.0. The molecule has 0 fully saturated rings. The van der Waals surface area contributed by atoms with Crippen molar-refractivity contribution >= 4 is 6.29 Å². The molecule has 0 aliphatic heterocycles. The molecule has 0 amide bonds. The van der Waals surface area contributed by atoms with Gasteiger partial charge in [0.05, 0.1) is 12.2 Å². The maximum atomic E-state index is 11.0. The van der Waals surface area contributed by atoms with Crippen LogP contribution in [0.25, 0.3) is 0 Å². The number of rotatable bonds is 13. The first-order valence-corrected chi connectivity index (χ1v) is 11.0. The van der Waals surface area contributed by atoms with E-state index in [0.29, 0.717) is 18.3 Å². The van der Waals surface area contributed by atoms with Gasteiger partial charge >= 0.3 is 0 Å². The van der Waals surface area contributed by atoms with Crippen LogP contribution in [0.4, 0.5) is 0 Å². The van der Waals surface area contributed by atoms with Crippen molar-refractivity contribution in [3.63, 3.8) is 0 Å². The van der Waals surface area contributed by atoms with E-state index in [1.807, 2.05) is 13.0 Å². The smallest absolute Gasteiger partial charge is 0.153 e. The van der Waals surface area contributed by atoms with E-state index >= 15 is 0 Å². The molecule has 0 aromatic heterocycles. The highest BCUT2D eigenvalue weighted by molar-refractivity contribution is 5.81. The summed E-state index contributed by atoms with van der Waals surface area (Å²) in [7, 11) is 0. The molecular formula is C27H38O4. The lowest BCUT2D eigenvalue weighted by Crippen LogP contribution is -1.90. The molecule has 0 atom stereocenters. The average Bonchev–Trinajstić information content (AvgIpc) is 2.73. The Kier molecular flexibility index (Phi) is 12.3. The number of hydrogen-bond acceptors (Lipinski definition) is 4. The van der Waals surface area contributed by atoms with Crippen molar-refractivity contribution < 1.29 is 20.1 Å². The predicted octanol–water partition coefficient (Wildman–Crippen LogP) is 6.57. The molecule has 0 spiro atoms. The zero-order chi connectivity index (χ0) is 23.2. The Labute approximate surface area is 187 Å². The Bertz CT molecular complexity index is 841. The van der Waals surface area contributed by atoms with E-state index in [1.54, 1.807) is 0 Å². The van der Waals surface area contributed by atoms with Gasteiger partial charge in [-0.1, -0.05) is 46.6 Å². The SMILES string of the molecule is C/C(=C\CC/C(C)=C/CC/C(C)=C/CC/C(C)=C/Cc1cc(O)cc(C=O)c1O)CO. The Morgan fingerprint density at radius 1 is 0.774 bits per heavy atom. The third kappa shape index (κ3) is 10.8. The third-order valence-corrected chi connectivity index (χ3v) is 5.34. The Hall–Kier alpha value is -2.59. The summed E-state index contributed by atoms with van der Waals surface area (Å²) in [6, 6.07) is 2.76. The van der Waals surface area contributed by atoms with Crippen LogP contribution in [-0.4, -0.2) is 28.2 Å². The van der Waals surface area contributed by atoms with Crippen LogP contribution in [0.3, 0.4) is 0 Å². The van der Waals surface area contributed by atoms with Gasteiger partial charge in [-0.15, -0.1) is 0 Å². The lowest BCUT2D eigenvalue weighted by atomic mass is 10.0. The fourth-order valence-corrected chi connectivity index (χ4v) is 3.24. The van der Waals surface area contributed by atoms with Gasteiger partial charge in [-0.25, -0.2) is 0 Å². The summed E-state index contributed by atoms with van der Waals surface area (Å²) in [6.45, 7) is 8.48. The number of aldehydes is 1. The minimum atomic E-state index is -0.0597. The molecule has 1 aromatic carbocycles. The van der Waals surface area contributed by atoms with Gasteiger partial charge in [-0.2, -0.15) is 0 Å². The van der Waals surface area contributed by atoms with Gasteiger partial charge in [-0.05, 0) is 84.8 Å². The standard InChI is InChI=1S/C27H38O4/c1-20(8-5-9-21(2)11-7-13-23(4)18-28)10-6-12-22(3)14-15-24-16-26(30)17-25(19-29)27(24)31/h9-10,13-14,16-17,19,28,30-31H,5-8,11-12,15,18H2,1-4H3/b20-10+,21-9+,22-14+,23-13+. The monoisotopic (exact) mass is 426 g/mol. The highest BCUT2D eigenvalue weighted by Gasteiger charge is 2.08. The number of aliphatic hydroxyl groups is 1. The lowest BCUT2D eigenvalue weighted by Gasteiger charge is -2.06. The quantitative estimate of drug-likeness (QED) is 0.189. The van der Waals surface area contributed by atoms with Gasteiger partial charge in [0.25, 0.3) is 0 Å². The van der Waals surface area contributed by atoms with Crippen LogP contribution in [0.15, 0.2) is 58.7 Å². The van der Waals surface area contributed by atoms with Crippen molar-refractivity contribution in [2.75, 3.05) is 6.61 Å². The summed E-state index contributed by atoms with van der Waals surface area (Å²) in [4.78, 5) is 11.0. The third-order valence-electron chi connectivity index (χ3n) is 5.34. The van der Waals surface area contributed by atoms with Crippen LogP contribution in [0.1, 0.15) is 82.1 Å². The summed E-state index contributed by atoms with van der Waals surface area (Å²) in [6.07, 6.45) is 15.8. The van der Waals surface area contributed by atoms with Crippen LogP contribution in [0.5, 0.6) is 11.5 Å². The summed E-state index contributed by atoms with van der Waals surface area (Å²) < 4.78 is 0. The first-order valence-electron chi connectivity index (χ1n) is 11.0. The van der Waals surface area contributed by atoms with Crippen LogP contribution in [-0.2, 0) is 6.42 Å². The Balaban J connectivity index is 2.43. The number of carbonyl (C=O) groups is 1. The molecule has 0 unspecified atom stereocenters. The van der Waals surface area contributed by atoms with E-state index in [9.17, 15) is 15.0 Å². The highest BCUT2D eigenvalue weighted by Crippen LogP contribution is 2.27. The zero-order valence-electron chi connectivity index (χ0n) is 19.4. The van der Waals surface area contributed by atoms with Crippen LogP contribution in [0.2, 0.25) is 0 Å². The molecule has 0 heterocycles. The van der Waals surface area contributed by atoms with Gasteiger partial charge in [0.1, 0.15) is 11.5 Å². The second-order valence-corrected chi connectivity index (χ2v) is 8.34. The molecule has 170 valence electrons. The first kappa shape index (κ1) is 26.4. The minimum Gasteiger partial charge on any atom is -0.508 e. The van der Waals surface area contributed by atoms with Gasteiger partial charge in [-0.3, -0.25) is 4.79 Å². The Morgan fingerprint density at radius 3 is 1.74 bits per heavy atom. The highest BCUT2D eigenvalue weighted by atomic mass is 16.3. The van der Waals surface area contributed by atoms with Crippen molar-refractivity contribution in [1.82, 2.24) is 0 Å². The molecule has 0 saturated carbocycles. The molecule has 4 heteroatoms. The van der Waals surface area contributed by atoms with Crippen molar-refractivity contribution in [2.24, 2.45) is 0 Å². The molecule has 1 rings (SSSR count). The van der Waals surface area contributed by atoms with E-state index < -0.39 is 0 Å². The molecule has 0 radical (unpaired) electrons. The Morgan fingerprint density at radius 2 is 1.26 bits per heavy atom. The van der Waals surface area contributed by atoms with Gasteiger partial charge < -0.3 is 15.3 Å². The number of phenols is 2. The number of benzene rings is 1. The fraction of sp³-hybridized carbons (Fsp3) is 0.444. The van der Waals surface area contributed by atoms with E-state index in [2.05, 4.69) is 39.0 Å².